The number of ether oxygens (including phenoxy) is 1. The number of nitrogens with zero attached hydrogens (tertiary/aromatic N) is 1. The molecule has 1 aliphatic heterocycles. The van der Waals surface area contributed by atoms with Crippen LogP contribution in [-0.2, 0) is 14.4 Å². The molecule has 1 fully saturated rings. The molecule has 0 spiro atoms. The molecular formula is C18H14ClN3O4. The Balaban J connectivity index is 1.94. The number of nitrogens with two attached hydrogens (primary N) is 1. The van der Waals surface area contributed by atoms with E-state index in [1.165, 1.54) is 18.2 Å². The van der Waals surface area contributed by atoms with Crippen LogP contribution >= 0.6 is 11.6 Å². The normalized spacial score (nSPS) is 15.3. The van der Waals surface area contributed by atoms with Crippen molar-refractivity contribution in [2.75, 3.05) is 11.6 Å². The lowest BCUT2D eigenvalue weighted by Crippen LogP contribution is -2.35. The average Bonchev–Trinajstić information content (AvgIpc) is 2.90. The van der Waals surface area contributed by atoms with E-state index >= 15 is 0 Å². The maximum Gasteiger partial charge on any atom is 0.282 e. The minimum atomic E-state index is -0.650. The van der Waals surface area contributed by atoms with Gasteiger partial charge in [-0.25, -0.2) is 5.01 Å². The Bertz CT molecular complexity index is 912. The molecule has 0 radical (unpaired) electrons. The number of amides is 3. The molecule has 0 aliphatic carbocycles. The van der Waals surface area contributed by atoms with E-state index in [-0.39, 0.29) is 17.9 Å². The van der Waals surface area contributed by atoms with Gasteiger partial charge in [-0.2, -0.15) is 0 Å². The molecule has 3 N–H and O–H groups in total. The van der Waals surface area contributed by atoms with E-state index in [1.807, 2.05) is 0 Å². The van der Waals surface area contributed by atoms with Crippen molar-refractivity contribution in [2.45, 2.75) is 0 Å². The van der Waals surface area contributed by atoms with Crippen LogP contribution in [0.5, 0.6) is 5.75 Å². The predicted molar refractivity (Wildman–Crippen MR) is 96.2 cm³/mol. The fourth-order valence-electron chi connectivity index (χ4n) is 2.38. The van der Waals surface area contributed by atoms with Crippen molar-refractivity contribution >= 4 is 41.1 Å². The minimum absolute atomic E-state index is 0.0833. The fraction of sp³-hybridized carbons (Fsp3) is 0.0556. The smallest absolute Gasteiger partial charge is 0.282 e. The molecule has 26 heavy (non-hydrogen) atoms. The van der Waals surface area contributed by atoms with Gasteiger partial charge in [0.05, 0.1) is 5.69 Å². The van der Waals surface area contributed by atoms with Crippen LogP contribution in [0.15, 0.2) is 54.1 Å². The van der Waals surface area contributed by atoms with Gasteiger partial charge >= 0.3 is 0 Å². The SMILES string of the molecule is NC(=O)COc1ccc(Cl)cc1/C=C1/C(=O)NN(c2ccccc2)C1=O. The second-order valence-corrected chi connectivity index (χ2v) is 5.85. The Kier molecular flexibility index (Phi) is 4.90. The first-order chi connectivity index (χ1) is 12.5. The molecule has 3 amide bonds. The fourth-order valence-corrected chi connectivity index (χ4v) is 2.56. The van der Waals surface area contributed by atoms with Gasteiger partial charge in [0.1, 0.15) is 11.3 Å². The van der Waals surface area contributed by atoms with Gasteiger partial charge in [0.15, 0.2) is 6.61 Å². The summed E-state index contributed by atoms with van der Waals surface area (Å²) >= 11 is 5.99. The van der Waals surface area contributed by atoms with Gasteiger partial charge in [0.2, 0.25) is 0 Å². The number of carbonyl (C=O) groups excluding carboxylic acids is 3. The molecule has 2 aromatic carbocycles. The van der Waals surface area contributed by atoms with Gasteiger partial charge < -0.3 is 10.5 Å². The third kappa shape index (κ3) is 3.68. The van der Waals surface area contributed by atoms with Gasteiger partial charge in [-0.1, -0.05) is 29.8 Å². The summed E-state index contributed by atoms with van der Waals surface area (Å²) in [6.45, 7) is -0.339. The van der Waals surface area contributed by atoms with E-state index in [0.29, 0.717) is 16.3 Å². The monoisotopic (exact) mass is 371 g/mol. The van der Waals surface area contributed by atoms with Crippen LogP contribution < -0.4 is 20.9 Å². The topological polar surface area (TPSA) is 102 Å². The van der Waals surface area contributed by atoms with Crippen molar-refractivity contribution in [2.24, 2.45) is 5.73 Å². The number of nitrogens with one attached hydrogen (secondary N) is 1. The Morgan fingerprint density at radius 2 is 1.92 bits per heavy atom. The predicted octanol–water partition coefficient (Wildman–Crippen LogP) is 1.67. The van der Waals surface area contributed by atoms with E-state index in [9.17, 15) is 14.4 Å². The summed E-state index contributed by atoms with van der Waals surface area (Å²) in [4.78, 5) is 35.8. The number of carbonyl (C=O) groups is 3. The average molecular weight is 372 g/mol. The number of benzene rings is 2. The molecule has 0 atom stereocenters. The molecular weight excluding hydrogens is 358 g/mol. The third-order valence-corrected chi connectivity index (χ3v) is 3.78. The maximum absolute atomic E-state index is 12.6. The third-order valence-electron chi connectivity index (χ3n) is 3.55. The first-order valence-corrected chi connectivity index (χ1v) is 7.96. The van der Waals surface area contributed by atoms with Crippen LogP contribution in [0.2, 0.25) is 5.02 Å². The lowest BCUT2D eigenvalue weighted by molar-refractivity contribution is -0.120. The Hall–Kier alpha value is -3.32. The summed E-state index contributed by atoms with van der Waals surface area (Å²) in [5, 5.41) is 1.54. The number of rotatable bonds is 5. The summed E-state index contributed by atoms with van der Waals surface area (Å²) in [5.41, 5.74) is 8.41. The molecule has 1 aliphatic rings. The molecule has 0 bridgehead atoms. The van der Waals surface area contributed by atoms with Gasteiger partial charge in [-0.15, -0.1) is 0 Å². The standard InChI is InChI=1S/C18H14ClN3O4/c19-12-6-7-15(26-10-16(20)23)11(8-12)9-14-17(24)21-22(18(14)25)13-4-2-1-3-5-13/h1-9H,10H2,(H2,20,23)(H,21,24)/b14-9-. The van der Waals surface area contributed by atoms with Crippen LogP contribution in [0.3, 0.4) is 0 Å². The lowest BCUT2D eigenvalue weighted by atomic mass is 10.1. The Morgan fingerprint density at radius 3 is 2.62 bits per heavy atom. The number of para-hydroxylation sites is 1. The largest absolute Gasteiger partial charge is 0.483 e. The maximum atomic E-state index is 12.6. The van der Waals surface area contributed by atoms with Crippen molar-refractivity contribution in [1.29, 1.82) is 0 Å². The van der Waals surface area contributed by atoms with Gasteiger partial charge in [0.25, 0.3) is 17.7 Å². The van der Waals surface area contributed by atoms with E-state index < -0.39 is 17.7 Å². The molecule has 3 rings (SSSR count). The van der Waals surface area contributed by atoms with Crippen molar-refractivity contribution in [3.63, 3.8) is 0 Å². The van der Waals surface area contributed by atoms with Crippen LogP contribution in [0.25, 0.3) is 6.08 Å². The zero-order chi connectivity index (χ0) is 18.7. The highest BCUT2D eigenvalue weighted by Crippen LogP contribution is 2.27. The summed E-state index contributed by atoms with van der Waals surface area (Å²) < 4.78 is 5.31. The van der Waals surface area contributed by atoms with Gasteiger partial charge in [0, 0.05) is 10.6 Å². The summed E-state index contributed by atoms with van der Waals surface area (Å²) in [5.74, 6) is -1.44. The molecule has 8 heteroatoms. The zero-order valence-corrected chi connectivity index (χ0v) is 14.2. The van der Waals surface area contributed by atoms with Crippen molar-refractivity contribution in [1.82, 2.24) is 5.43 Å². The van der Waals surface area contributed by atoms with E-state index in [0.717, 1.165) is 5.01 Å². The number of halogens is 1. The second kappa shape index (κ2) is 7.28. The highest BCUT2D eigenvalue weighted by atomic mass is 35.5. The highest BCUT2D eigenvalue weighted by Gasteiger charge is 2.34. The van der Waals surface area contributed by atoms with Crippen LogP contribution in [0.4, 0.5) is 5.69 Å². The quantitative estimate of drug-likeness (QED) is 0.616. The zero-order valence-electron chi connectivity index (χ0n) is 13.4. The van der Waals surface area contributed by atoms with E-state index in [1.54, 1.807) is 36.4 Å². The Morgan fingerprint density at radius 1 is 1.19 bits per heavy atom. The van der Waals surface area contributed by atoms with E-state index in [2.05, 4.69) is 5.43 Å². The molecule has 132 valence electrons. The summed E-state index contributed by atoms with van der Waals surface area (Å²) in [6.07, 6.45) is 1.36. The van der Waals surface area contributed by atoms with Crippen molar-refractivity contribution < 1.29 is 19.1 Å². The number of hydrogen-bond donors (Lipinski definition) is 2. The second-order valence-electron chi connectivity index (χ2n) is 5.41. The molecule has 2 aromatic rings. The number of anilines is 1. The van der Waals surface area contributed by atoms with Gasteiger partial charge in [-0.3, -0.25) is 19.8 Å². The van der Waals surface area contributed by atoms with E-state index in [4.69, 9.17) is 22.1 Å². The molecule has 0 unspecified atom stereocenters. The lowest BCUT2D eigenvalue weighted by Gasteiger charge is -2.14. The highest BCUT2D eigenvalue weighted by molar-refractivity contribution is 6.32. The first-order valence-electron chi connectivity index (χ1n) is 7.58. The summed E-state index contributed by atoms with van der Waals surface area (Å²) in [7, 11) is 0. The number of hydrazine groups is 1. The van der Waals surface area contributed by atoms with Crippen LogP contribution in [-0.4, -0.2) is 24.3 Å². The first kappa shape index (κ1) is 17.5. The van der Waals surface area contributed by atoms with Crippen molar-refractivity contribution in [3.05, 3.63) is 64.7 Å². The number of primary amides is 1. The molecule has 7 nitrogen and oxygen atoms in total. The molecule has 0 saturated carbocycles. The van der Waals surface area contributed by atoms with Crippen LogP contribution in [0.1, 0.15) is 5.56 Å². The van der Waals surface area contributed by atoms with Crippen LogP contribution in [0, 0.1) is 0 Å². The Labute approximate surface area is 154 Å². The van der Waals surface area contributed by atoms with Gasteiger partial charge in [-0.05, 0) is 36.4 Å². The molecule has 0 aromatic heterocycles. The molecule has 1 saturated heterocycles. The van der Waals surface area contributed by atoms with Crippen molar-refractivity contribution in [3.8, 4) is 5.75 Å². The minimum Gasteiger partial charge on any atom is -0.483 e. The molecule has 1 heterocycles. The summed E-state index contributed by atoms with van der Waals surface area (Å²) in [6, 6.07) is 13.3. The number of hydrogen-bond acceptors (Lipinski definition) is 4.